The van der Waals surface area contributed by atoms with Gasteiger partial charge in [0.25, 0.3) is 0 Å². The van der Waals surface area contributed by atoms with Gasteiger partial charge in [0.15, 0.2) is 5.96 Å². The number of guanidine groups is 1. The maximum absolute atomic E-state index is 4.50. The summed E-state index contributed by atoms with van der Waals surface area (Å²) in [5.74, 6) is 2.87. The monoisotopic (exact) mass is 499 g/mol. The molecule has 1 saturated heterocycles. The fourth-order valence-electron chi connectivity index (χ4n) is 3.46. The first-order chi connectivity index (χ1) is 12.6. The Labute approximate surface area is 184 Å². The molecule has 0 aliphatic carbocycles. The van der Waals surface area contributed by atoms with Crippen molar-refractivity contribution >= 4 is 41.7 Å². The third kappa shape index (κ3) is 5.63. The van der Waals surface area contributed by atoms with E-state index in [0.717, 1.165) is 31.3 Å². The highest BCUT2D eigenvalue weighted by atomic mass is 127. The Balaban J connectivity index is 0.00000261. The maximum Gasteiger partial charge on any atom is 0.193 e. The smallest absolute Gasteiger partial charge is 0.193 e. The molecule has 2 heterocycles. The molecule has 0 spiro atoms. The first-order valence-electron chi connectivity index (χ1n) is 9.21. The van der Waals surface area contributed by atoms with Gasteiger partial charge in [-0.05, 0) is 38.3 Å². The molecule has 1 aromatic carbocycles. The van der Waals surface area contributed by atoms with E-state index >= 15 is 0 Å². The van der Waals surface area contributed by atoms with Crippen LogP contribution in [0, 0.1) is 19.8 Å². The SMILES string of the molecule is CN=C(NCc1c(C)nn(C)c1C)N1CCC(CSc2ccccc2)C1.I. The number of aryl methyl sites for hydroxylation is 2. The molecule has 0 radical (unpaired) electrons. The number of benzene rings is 1. The normalized spacial score (nSPS) is 17.1. The molecule has 1 N–H and O–H groups in total. The first-order valence-corrected chi connectivity index (χ1v) is 10.2. The number of nitrogens with zero attached hydrogens (tertiary/aromatic N) is 4. The number of hydrogen-bond donors (Lipinski definition) is 1. The Hall–Kier alpha value is -1.22. The Morgan fingerprint density at radius 2 is 2.04 bits per heavy atom. The van der Waals surface area contributed by atoms with Gasteiger partial charge >= 0.3 is 0 Å². The highest BCUT2D eigenvalue weighted by Gasteiger charge is 2.25. The van der Waals surface area contributed by atoms with Crippen LogP contribution >= 0.6 is 35.7 Å². The lowest BCUT2D eigenvalue weighted by Gasteiger charge is -2.22. The standard InChI is InChI=1S/C20H29N5S.HI/c1-15-19(16(2)24(4)23-15)12-22-20(21-3)25-11-10-17(13-25)14-26-18-8-6-5-7-9-18;/h5-9,17H,10-14H2,1-4H3,(H,21,22);1H. The molecule has 7 heteroatoms. The highest BCUT2D eigenvalue weighted by molar-refractivity contribution is 14.0. The lowest BCUT2D eigenvalue weighted by atomic mass is 10.2. The molecule has 2 aromatic rings. The van der Waals surface area contributed by atoms with Gasteiger partial charge in [-0.15, -0.1) is 35.7 Å². The number of thioether (sulfide) groups is 1. The summed E-state index contributed by atoms with van der Waals surface area (Å²) in [6, 6.07) is 10.7. The van der Waals surface area contributed by atoms with Crippen LogP contribution in [-0.4, -0.2) is 46.5 Å². The van der Waals surface area contributed by atoms with Gasteiger partial charge < -0.3 is 10.2 Å². The Morgan fingerprint density at radius 3 is 2.67 bits per heavy atom. The van der Waals surface area contributed by atoms with Crippen molar-refractivity contribution in [2.24, 2.45) is 18.0 Å². The van der Waals surface area contributed by atoms with E-state index in [1.54, 1.807) is 0 Å². The van der Waals surface area contributed by atoms with Gasteiger partial charge in [-0.2, -0.15) is 5.10 Å². The molecule has 1 unspecified atom stereocenters. The summed E-state index contributed by atoms with van der Waals surface area (Å²) >= 11 is 1.96. The number of rotatable bonds is 5. The summed E-state index contributed by atoms with van der Waals surface area (Å²) in [4.78, 5) is 8.24. The lowest BCUT2D eigenvalue weighted by Crippen LogP contribution is -2.39. The maximum atomic E-state index is 4.50. The second-order valence-corrected chi connectivity index (χ2v) is 7.99. The van der Waals surface area contributed by atoms with Crippen molar-refractivity contribution in [3.63, 3.8) is 0 Å². The van der Waals surface area contributed by atoms with Crippen molar-refractivity contribution < 1.29 is 0 Å². The molecule has 1 atom stereocenters. The Bertz CT molecular complexity index is 759. The van der Waals surface area contributed by atoms with Gasteiger partial charge in [0, 0.05) is 55.6 Å². The van der Waals surface area contributed by atoms with Crippen molar-refractivity contribution in [1.82, 2.24) is 20.0 Å². The molecular formula is C20H30IN5S. The fraction of sp³-hybridized carbons (Fsp3) is 0.500. The third-order valence-corrected chi connectivity index (χ3v) is 6.35. The molecule has 1 fully saturated rings. The van der Waals surface area contributed by atoms with Crippen molar-refractivity contribution in [2.45, 2.75) is 31.7 Å². The minimum Gasteiger partial charge on any atom is -0.352 e. The summed E-state index contributed by atoms with van der Waals surface area (Å²) in [5, 5.41) is 8.03. The zero-order valence-electron chi connectivity index (χ0n) is 16.6. The summed E-state index contributed by atoms with van der Waals surface area (Å²) in [7, 11) is 3.87. The van der Waals surface area contributed by atoms with E-state index in [1.165, 1.54) is 28.3 Å². The van der Waals surface area contributed by atoms with E-state index in [4.69, 9.17) is 0 Å². The summed E-state index contributed by atoms with van der Waals surface area (Å²) in [5.41, 5.74) is 3.57. The number of aromatic nitrogens is 2. The molecule has 5 nitrogen and oxygen atoms in total. The van der Waals surface area contributed by atoms with Crippen LogP contribution in [-0.2, 0) is 13.6 Å². The highest BCUT2D eigenvalue weighted by Crippen LogP contribution is 2.26. The Morgan fingerprint density at radius 1 is 1.30 bits per heavy atom. The van der Waals surface area contributed by atoms with Crippen molar-refractivity contribution in [3.8, 4) is 0 Å². The molecule has 0 amide bonds. The third-order valence-electron chi connectivity index (χ3n) is 5.11. The zero-order valence-corrected chi connectivity index (χ0v) is 19.8. The van der Waals surface area contributed by atoms with E-state index in [2.05, 4.69) is 64.5 Å². The van der Waals surface area contributed by atoms with Crippen LogP contribution in [0.3, 0.4) is 0 Å². The molecule has 1 aliphatic rings. The van der Waals surface area contributed by atoms with Gasteiger partial charge in [-0.3, -0.25) is 9.67 Å². The van der Waals surface area contributed by atoms with Gasteiger partial charge in [0.1, 0.15) is 0 Å². The molecule has 148 valence electrons. The van der Waals surface area contributed by atoms with Crippen LogP contribution in [0.5, 0.6) is 0 Å². The number of nitrogens with one attached hydrogen (secondary N) is 1. The van der Waals surface area contributed by atoms with Crippen molar-refractivity contribution in [3.05, 3.63) is 47.3 Å². The van der Waals surface area contributed by atoms with Gasteiger partial charge in [0.05, 0.1) is 5.69 Å². The molecule has 3 rings (SSSR count). The van der Waals surface area contributed by atoms with Crippen LogP contribution in [0.1, 0.15) is 23.4 Å². The van der Waals surface area contributed by atoms with E-state index in [-0.39, 0.29) is 24.0 Å². The second kappa shape index (κ2) is 10.4. The quantitative estimate of drug-likeness (QED) is 0.294. The topological polar surface area (TPSA) is 45.5 Å². The minimum absolute atomic E-state index is 0. The number of halogens is 1. The largest absolute Gasteiger partial charge is 0.352 e. The zero-order chi connectivity index (χ0) is 18.5. The van der Waals surface area contributed by atoms with Crippen LogP contribution in [0.4, 0.5) is 0 Å². The second-order valence-electron chi connectivity index (χ2n) is 6.90. The van der Waals surface area contributed by atoms with Crippen LogP contribution in [0.2, 0.25) is 0 Å². The fourth-order valence-corrected chi connectivity index (χ4v) is 4.51. The van der Waals surface area contributed by atoms with Crippen LogP contribution in [0.15, 0.2) is 40.2 Å². The molecular weight excluding hydrogens is 469 g/mol. The van der Waals surface area contributed by atoms with Crippen molar-refractivity contribution in [1.29, 1.82) is 0 Å². The van der Waals surface area contributed by atoms with E-state index in [0.29, 0.717) is 5.92 Å². The van der Waals surface area contributed by atoms with E-state index in [1.807, 2.05) is 30.5 Å². The molecule has 0 saturated carbocycles. The Kier molecular flexibility index (Phi) is 8.47. The summed E-state index contributed by atoms with van der Waals surface area (Å²) in [6.45, 7) is 7.11. The predicted octanol–water partition coefficient (Wildman–Crippen LogP) is 3.84. The summed E-state index contributed by atoms with van der Waals surface area (Å²) in [6.07, 6.45) is 1.23. The number of hydrogen-bond acceptors (Lipinski definition) is 3. The summed E-state index contributed by atoms with van der Waals surface area (Å²) < 4.78 is 1.95. The van der Waals surface area contributed by atoms with Gasteiger partial charge in [-0.25, -0.2) is 0 Å². The molecule has 27 heavy (non-hydrogen) atoms. The molecule has 1 aliphatic heterocycles. The average Bonchev–Trinajstić information content (AvgIpc) is 3.21. The van der Waals surface area contributed by atoms with Crippen molar-refractivity contribution in [2.75, 3.05) is 25.9 Å². The predicted molar refractivity (Wildman–Crippen MR) is 125 cm³/mol. The first kappa shape index (κ1) is 22.1. The van der Waals surface area contributed by atoms with Crippen LogP contribution < -0.4 is 5.32 Å². The minimum atomic E-state index is 0. The van der Waals surface area contributed by atoms with Crippen LogP contribution in [0.25, 0.3) is 0 Å². The van der Waals surface area contributed by atoms with E-state index < -0.39 is 0 Å². The van der Waals surface area contributed by atoms with Gasteiger partial charge in [0.2, 0.25) is 0 Å². The lowest BCUT2D eigenvalue weighted by molar-refractivity contribution is 0.474. The average molecular weight is 499 g/mol. The number of aliphatic imine (C=N–C) groups is 1. The number of likely N-dealkylation sites (tertiary alicyclic amines) is 1. The molecule has 1 aromatic heterocycles. The van der Waals surface area contributed by atoms with Gasteiger partial charge in [-0.1, -0.05) is 18.2 Å². The van der Waals surface area contributed by atoms with E-state index in [9.17, 15) is 0 Å². The molecule has 0 bridgehead atoms.